The fraction of sp³-hybridized carbons (Fsp3) is 0.714. The Hall–Kier alpha value is -1.14. The Morgan fingerprint density at radius 1 is 1.45 bits per heavy atom. The van der Waals surface area contributed by atoms with Crippen LogP contribution in [0.25, 0.3) is 0 Å². The van der Waals surface area contributed by atoms with Crippen LogP contribution in [0.2, 0.25) is 0 Å². The van der Waals surface area contributed by atoms with Crippen LogP contribution in [0.4, 0.5) is 4.79 Å². The number of piperidine rings is 1. The smallest absolute Gasteiger partial charge is 0.409 e. The monoisotopic (exact) mass is 297 g/mol. The minimum absolute atomic E-state index is 0.181. The maximum atomic E-state index is 11.6. The second kappa shape index (κ2) is 7.04. The highest BCUT2D eigenvalue weighted by Crippen LogP contribution is 2.18. The van der Waals surface area contributed by atoms with Gasteiger partial charge in [0.05, 0.1) is 17.3 Å². The first kappa shape index (κ1) is 15.3. The maximum absolute atomic E-state index is 11.6. The molecule has 20 heavy (non-hydrogen) atoms. The molecule has 1 fully saturated rings. The Labute approximate surface area is 124 Å². The Morgan fingerprint density at radius 2 is 2.15 bits per heavy atom. The summed E-state index contributed by atoms with van der Waals surface area (Å²) in [7, 11) is 0. The average Bonchev–Trinajstić information content (AvgIpc) is 2.75. The lowest BCUT2D eigenvalue weighted by atomic mass is 10.1. The maximum Gasteiger partial charge on any atom is 0.409 e. The van der Waals surface area contributed by atoms with E-state index >= 15 is 0 Å². The molecule has 0 radical (unpaired) electrons. The van der Waals surface area contributed by atoms with Gasteiger partial charge in [-0.1, -0.05) is 0 Å². The van der Waals surface area contributed by atoms with Crippen molar-refractivity contribution < 1.29 is 9.53 Å². The second-order valence-electron chi connectivity index (χ2n) is 5.08. The largest absolute Gasteiger partial charge is 0.450 e. The number of aromatic nitrogens is 1. The third-order valence-corrected chi connectivity index (χ3v) is 4.64. The van der Waals surface area contributed by atoms with Crippen molar-refractivity contribution in [2.75, 3.05) is 19.7 Å². The topological polar surface area (TPSA) is 54.5 Å². The normalized spacial score (nSPS) is 16.4. The predicted octanol–water partition coefficient (Wildman–Crippen LogP) is 2.47. The summed E-state index contributed by atoms with van der Waals surface area (Å²) >= 11 is 1.76. The lowest BCUT2D eigenvalue weighted by molar-refractivity contribution is 0.0950. The Morgan fingerprint density at radius 3 is 2.70 bits per heavy atom. The van der Waals surface area contributed by atoms with Crippen LogP contribution < -0.4 is 5.32 Å². The number of carbonyl (C=O) groups excluding carboxylic acids is 1. The van der Waals surface area contributed by atoms with E-state index in [1.807, 2.05) is 13.8 Å². The number of thiazole rings is 1. The molecule has 0 atom stereocenters. The summed E-state index contributed by atoms with van der Waals surface area (Å²) in [6.45, 7) is 8.81. The number of hydrogen-bond acceptors (Lipinski definition) is 5. The predicted molar refractivity (Wildman–Crippen MR) is 80.0 cm³/mol. The van der Waals surface area contributed by atoms with E-state index in [-0.39, 0.29) is 6.09 Å². The number of nitrogens with one attached hydrogen (secondary N) is 1. The van der Waals surface area contributed by atoms with E-state index in [0.29, 0.717) is 12.6 Å². The number of likely N-dealkylation sites (tertiary alicyclic amines) is 1. The highest BCUT2D eigenvalue weighted by molar-refractivity contribution is 7.11. The van der Waals surface area contributed by atoms with Crippen molar-refractivity contribution in [2.24, 2.45) is 0 Å². The van der Waals surface area contributed by atoms with E-state index in [9.17, 15) is 4.79 Å². The minimum atomic E-state index is -0.181. The molecule has 6 heteroatoms. The summed E-state index contributed by atoms with van der Waals surface area (Å²) in [6, 6.07) is 0.475. The molecule has 1 aromatic heterocycles. The molecule has 2 rings (SSSR count). The van der Waals surface area contributed by atoms with Gasteiger partial charge in [0.1, 0.15) is 0 Å². The van der Waals surface area contributed by atoms with Gasteiger partial charge in [-0.05, 0) is 33.6 Å². The van der Waals surface area contributed by atoms with E-state index in [1.165, 1.54) is 4.88 Å². The number of amides is 1. The molecule has 0 unspecified atom stereocenters. The Bertz CT molecular complexity index is 453. The first-order valence-corrected chi connectivity index (χ1v) is 7.99. The number of nitrogens with zero attached hydrogens (tertiary/aromatic N) is 2. The van der Waals surface area contributed by atoms with Gasteiger partial charge in [0, 0.05) is 30.6 Å². The molecule has 0 aliphatic carbocycles. The van der Waals surface area contributed by atoms with Gasteiger partial charge < -0.3 is 15.0 Å². The highest BCUT2D eigenvalue weighted by atomic mass is 32.1. The highest BCUT2D eigenvalue weighted by Gasteiger charge is 2.23. The van der Waals surface area contributed by atoms with Crippen LogP contribution in [0.15, 0.2) is 0 Å². The van der Waals surface area contributed by atoms with Crippen molar-refractivity contribution in [1.29, 1.82) is 0 Å². The fourth-order valence-electron chi connectivity index (χ4n) is 2.46. The van der Waals surface area contributed by atoms with Crippen molar-refractivity contribution in [3.63, 3.8) is 0 Å². The van der Waals surface area contributed by atoms with Crippen LogP contribution in [0.1, 0.15) is 35.3 Å². The fourth-order valence-corrected chi connectivity index (χ4v) is 3.34. The summed E-state index contributed by atoms with van der Waals surface area (Å²) in [5, 5.41) is 4.70. The zero-order chi connectivity index (χ0) is 14.5. The van der Waals surface area contributed by atoms with Crippen molar-refractivity contribution in [2.45, 2.75) is 46.2 Å². The molecule has 2 heterocycles. The second-order valence-corrected chi connectivity index (χ2v) is 6.37. The van der Waals surface area contributed by atoms with Gasteiger partial charge in [-0.3, -0.25) is 0 Å². The molecular formula is C14H23N3O2S. The molecule has 0 spiro atoms. The third-order valence-electron chi connectivity index (χ3n) is 3.57. The zero-order valence-electron chi connectivity index (χ0n) is 12.4. The van der Waals surface area contributed by atoms with Crippen LogP contribution in [0, 0.1) is 13.8 Å². The van der Waals surface area contributed by atoms with E-state index in [1.54, 1.807) is 16.2 Å². The van der Waals surface area contributed by atoms with Crippen molar-refractivity contribution in [3.8, 4) is 0 Å². The van der Waals surface area contributed by atoms with E-state index in [2.05, 4.69) is 17.2 Å². The standard InChI is InChI=1S/C14H23N3O2S/c1-4-19-14(18)17-7-5-12(6-8-17)15-9-13-10(2)16-11(3)20-13/h12,15H,4-9H2,1-3H3. The van der Waals surface area contributed by atoms with Gasteiger partial charge in [0.2, 0.25) is 0 Å². The SMILES string of the molecule is CCOC(=O)N1CCC(NCc2sc(C)nc2C)CC1. The number of hydrogen-bond donors (Lipinski definition) is 1. The molecule has 112 valence electrons. The molecule has 1 saturated heterocycles. The van der Waals surface area contributed by atoms with Crippen molar-refractivity contribution in [3.05, 3.63) is 15.6 Å². The number of ether oxygens (including phenoxy) is 1. The van der Waals surface area contributed by atoms with Crippen LogP contribution in [0.3, 0.4) is 0 Å². The van der Waals surface area contributed by atoms with Gasteiger partial charge >= 0.3 is 6.09 Å². The van der Waals surface area contributed by atoms with Gasteiger partial charge in [-0.25, -0.2) is 9.78 Å². The molecular weight excluding hydrogens is 274 g/mol. The summed E-state index contributed by atoms with van der Waals surface area (Å²) in [5.41, 5.74) is 1.13. The number of rotatable bonds is 4. The van der Waals surface area contributed by atoms with E-state index in [4.69, 9.17) is 4.74 Å². The zero-order valence-corrected chi connectivity index (χ0v) is 13.3. The van der Waals surface area contributed by atoms with E-state index < -0.39 is 0 Å². The van der Waals surface area contributed by atoms with Gasteiger partial charge in [0.15, 0.2) is 0 Å². The van der Waals surface area contributed by atoms with Crippen molar-refractivity contribution in [1.82, 2.24) is 15.2 Å². The molecule has 1 aliphatic heterocycles. The Kier molecular flexibility index (Phi) is 5.37. The lowest BCUT2D eigenvalue weighted by Gasteiger charge is -2.31. The van der Waals surface area contributed by atoms with Crippen LogP contribution in [0.5, 0.6) is 0 Å². The molecule has 5 nitrogen and oxygen atoms in total. The number of aryl methyl sites for hydroxylation is 2. The lowest BCUT2D eigenvalue weighted by Crippen LogP contribution is -2.44. The van der Waals surface area contributed by atoms with Crippen LogP contribution in [-0.4, -0.2) is 41.7 Å². The summed E-state index contributed by atoms with van der Waals surface area (Å²) in [5.74, 6) is 0. The van der Waals surface area contributed by atoms with Gasteiger partial charge in [0.25, 0.3) is 0 Å². The minimum Gasteiger partial charge on any atom is -0.450 e. The molecule has 1 aromatic rings. The first-order chi connectivity index (χ1) is 9.60. The third kappa shape index (κ3) is 3.93. The molecule has 0 aromatic carbocycles. The summed E-state index contributed by atoms with van der Waals surface area (Å²) in [6.07, 6.45) is 1.78. The molecule has 0 bridgehead atoms. The summed E-state index contributed by atoms with van der Waals surface area (Å²) < 4.78 is 5.02. The molecule has 1 aliphatic rings. The van der Waals surface area contributed by atoms with Crippen molar-refractivity contribution >= 4 is 17.4 Å². The van der Waals surface area contributed by atoms with Crippen LogP contribution in [-0.2, 0) is 11.3 Å². The van der Waals surface area contributed by atoms with Gasteiger partial charge in [-0.2, -0.15) is 0 Å². The Balaban J connectivity index is 1.74. The van der Waals surface area contributed by atoms with Gasteiger partial charge in [-0.15, -0.1) is 11.3 Å². The number of carbonyl (C=O) groups is 1. The quantitative estimate of drug-likeness (QED) is 0.927. The summed E-state index contributed by atoms with van der Waals surface area (Å²) in [4.78, 5) is 19.2. The van der Waals surface area contributed by atoms with E-state index in [0.717, 1.165) is 43.2 Å². The first-order valence-electron chi connectivity index (χ1n) is 7.18. The average molecular weight is 297 g/mol. The molecule has 1 amide bonds. The molecule has 0 saturated carbocycles. The molecule has 1 N–H and O–H groups in total. The van der Waals surface area contributed by atoms with Crippen LogP contribution >= 0.6 is 11.3 Å².